The number of aryl methyl sites for hydroxylation is 1. The van der Waals surface area contributed by atoms with Crippen LogP contribution in [-0.4, -0.2) is 5.16 Å². The van der Waals surface area contributed by atoms with Gasteiger partial charge in [0.15, 0.2) is 5.76 Å². The van der Waals surface area contributed by atoms with E-state index in [4.69, 9.17) is 10.3 Å². The summed E-state index contributed by atoms with van der Waals surface area (Å²) in [6.45, 7) is 1.68. The predicted molar refractivity (Wildman–Crippen MR) is 66.0 cm³/mol. The number of rotatable bonds is 2. The van der Waals surface area contributed by atoms with Crippen molar-refractivity contribution < 1.29 is 17.7 Å². The van der Waals surface area contributed by atoms with Crippen LogP contribution >= 0.6 is 0 Å². The van der Waals surface area contributed by atoms with E-state index >= 15 is 0 Å². The Morgan fingerprint density at radius 3 is 2.26 bits per heavy atom. The summed E-state index contributed by atoms with van der Waals surface area (Å²) in [5, 5.41) is 3.72. The van der Waals surface area contributed by atoms with E-state index in [0.29, 0.717) is 22.7 Å². The molecular formula is C13H11F3N2O. The van der Waals surface area contributed by atoms with Gasteiger partial charge in [0.05, 0.1) is 5.56 Å². The summed E-state index contributed by atoms with van der Waals surface area (Å²) in [6.07, 6.45) is -1.11. The minimum Gasteiger partial charge on any atom is -0.394 e. The highest BCUT2D eigenvalue weighted by Gasteiger charge is 2.29. The van der Waals surface area contributed by atoms with E-state index < -0.39 is 11.7 Å². The topological polar surface area (TPSA) is 52.0 Å². The van der Waals surface area contributed by atoms with Crippen LogP contribution in [0.2, 0.25) is 0 Å². The van der Waals surface area contributed by atoms with Crippen molar-refractivity contribution in [1.82, 2.24) is 5.16 Å². The number of alkyl halides is 3. The number of aromatic nitrogens is 1. The molecule has 0 unspecified atom stereocenters. The minimum absolute atomic E-state index is 0.420. The number of nitrogens with two attached hydrogens (primary N) is 1. The molecular weight excluding hydrogens is 257 g/mol. The summed E-state index contributed by atoms with van der Waals surface area (Å²) < 4.78 is 42.0. The van der Waals surface area contributed by atoms with Gasteiger partial charge >= 0.3 is 6.18 Å². The molecule has 2 N–H and O–H groups in total. The highest BCUT2D eigenvalue weighted by atomic mass is 19.4. The molecule has 0 aliphatic rings. The van der Waals surface area contributed by atoms with Gasteiger partial charge in [-0.2, -0.15) is 13.2 Å². The molecule has 1 aromatic carbocycles. The molecule has 6 heteroatoms. The zero-order chi connectivity index (χ0) is 14.0. The lowest BCUT2D eigenvalue weighted by Gasteiger charge is -2.05. The molecule has 19 heavy (non-hydrogen) atoms. The first-order valence-electron chi connectivity index (χ1n) is 5.45. The Balaban J connectivity index is 2.18. The van der Waals surface area contributed by atoms with E-state index in [1.54, 1.807) is 19.1 Å². The standard InChI is InChI=1S/C13H11F3N2O/c1-8-12(17)11(18-19-8)7-4-9-2-5-10(6-3-9)13(14,15)16/h2-7H,17H2,1H3. The van der Waals surface area contributed by atoms with Crippen LogP contribution in [0.25, 0.3) is 12.2 Å². The molecule has 0 radical (unpaired) electrons. The van der Waals surface area contributed by atoms with Crippen LogP contribution in [-0.2, 0) is 6.18 Å². The van der Waals surface area contributed by atoms with Crippen molar-refractivity contribution in [2.45, 2.75) is 13.1 Å². The van der Waals surface area contributed by atoms with Crippen LogP contribution in [0.15, 0.2) is 28.8 Å². The van der Waals surface area contributed by atoms with E-state index in [9.17, 15) is 13.2 Å². The van der Waals surface area contributed by atoms with E-state index in [-0.39, 0.29) is 0 Å². The number of nitrogens with zero attached hydrogens (tertiary/aromatic N) is 1. The average Bonchev–Trinajstić information content (AvgIpc) is 2.67. The van der Waals surface area contributed by atoms with Crippen LogP contribution < -0.4 is 5.73 Å². The Morgan fingerprint density at radius 1 is 1.16 bits per heavy atom. The Kier molecular flexibility index (Phi) is 3.33. The van der Waals surface area contributed by atoms with E-state index in [0.717, 1.165) is 12.1 Å². The second-order valence-corrected chi connectivity index (χ2v) is 3.99. The lowest BCUT2D eigenvalue weighted by molar-refractivity contribution is -0.137. The Morgan fingerprint density at radius 2 is 1.79 bits per heavy atom. The van der Waals surface area contributed by atoms with Gasteiger partial charge in [-0.15, -0.1) is 0 Å². The first-order valence-corrected chi connectivity index (χ1v) is 5.45. The third-order valence-electron chi connectivity index (χ3n) is 2.61. The molecule has 0 aliphatic carbocycles. The maximum absolute atomic E-state index is 12.4. The molecule has 100 valence electrons. The maximum Gasteiger partial charge on any atom is 0.416 e. The molecule has 0 aliphatic heterocycles. The van der Waals surface area contributed by atoms with Crippen molar-refractivity contribution in [3.05, 3.63) is 46.8 Å². The highest BCUT2D eigenvalue weighted by molar-refractivity contribution is 5.73. The van der Waals surface area contributed by atoms with Gasteiger partial charge in [-0.05, 0) is 30.7 Å². The summed E-state index contributed by atoms with van der Waals surface area (Å²) in [6, 6.07) is 4.80. The first kappa shape index (κ1) is 13.2. The lowest BCUT2D eigenvalue weighted by Crippen LogP contribution is -2.03. The van der Waals surface area contributed by atoms with Gasteiger partial charge in [-0.25, -0.2) is 0 Å². The monoisotopic (exact) mass is 268 g/mol. The van der Waals surface area contributed by atoms with Crippen LogP contribution in [0.3, 0.4) is 0 Å². The molecule has 0 bridgehead atoms. The van der Waals surface area contributed by atoms with Crippen molar-refractivity contribution in [3.63, 3.8) is 0 Å². The Hall–Kier alpha value is -2.24. The van der Waals surface area contributed by atoms with Gasteiger partial charge < -0.3 is 10.3 Å². The first-order chi connectivity index (χ1) is 8.88. The summed E-state index contributed by atoms with van der Waals surface area (Å²) in [4.78, 5) is 0. The highest BCUT2D eigenvalue weighted by Crippen LogP contribution is 2.29. The predicted octanol–water partition coefficient (Wildman–Crippen LogP) is 3.75. The number of halogens is 3. The molecule has 1 heterocycles. The summed E-state index contributed by atoms with van der Waals surface area (Å²) in [5.41, 5.74) is 6.51. The molecule has 0 atom stereocenters. The zero-order valence-corrected chi connectivity index (χ0v) is 10.0. The lowest BCUT2D eigenvalue weighted by atomic mass is 10.1. The van der Waals surface area contributed by atoms with Gasteiger partial charge in [0.1, 0.15) is 11.4 Å². The average molecular weight is 268 g/mol. The fourth-order valence-electron chi connectivity index (χ4n) is 1.47. The van der Waals surface area contributed by atoms with Crippen molar-refractivity contribution >= 4 is 17.8 Å². The van der Waals surface area contributed by atoms with Crippen LogP contribution in [0.4, 0.5) is 18.9 Å². The van der Waals surface area contributed by atoms with Gasteiger partial charge in [-0.1, -0.05) is 23.4 Å². The smallest absolute Gasteiger partial charge is 0.394 e. The molecule has 0 saturated heterocycles. The number of hydrogen-bond donors (Lipinski definition) is 1. The minimum atomic E-state index is -4.32. The van der Waals surface area contributed by atoms with E-state index in [1.165, 1.54) is 12.1 Å². The Bertz CT molecular complexity index is 597. The molecule has 0 amide bonds. The second kappa shape index (κ2) is 4.79. The molecule has 0 fully saturated rings. The molecule has 2 aromatic rings. The second-order valence-electron chi connectivity index (χ2n) is 3.99. The van der Waals surface area contributed by atoms with Gasteiger partial charge in [0.25, 0.3) is 0 Å². The van der Waals surface area contributed by atoms with Crippen molar-refractivity contribution in [1.29, 1.82) is 0 Å². The van der Waals surface area contributed by atoms with Crippen LogP contribution in [0.1, 0.15) is 22.6 Å². The molecule has 0 saturated carbocycles. The molecule has 3 nitrogen and oxygen atoms in total. The third-order valence-corrected chi connectivity index (χ3v) is 2.61. The molecule has 2 rings (SSSR count). The van der Waals surface area contributed by atoms with Crippen molar-refractivity contribution in [2.24, 2.45) is 0 Å². The summed E-state index contributed by atoms with van der Waals surface area (Å²) >= 11 is 0. The zero-order valence-electron chi connectivity index (χ0n) is 10.0. The SMILES string of the molecule is Cc1onc(C=Cc2ccc(C(F)(F)F)cc2)c1N. The van der Waals surface area contributed by atoms with Gasteiger partial charge in [0.2, 0.25) is 0 Å². The quantitative estimate of drug-likeness (QED) is 0.902. The summed E-state index contributed by atoms with van der Waals surface area (Å²) in [7, 11) is 0. The van der Waals surface area contributed by atoms with Crippen molar-refractivity contribution in [2.75, 3.05) is 5.73 Å². The fraction of sp³-hybridized carbons (Fsp3) is 0.154. The van der Waals surface area contributed by atoms with Crippen LogP contribution in [0.5, 0.6) is 0 Å². The number of nitrogen functional groups attached to an aromatic ring is 1. The fourth-order valence-corrected chi connectivity index (χ4v) is 1.47. The number of hydrogen-bond acceptors (Lipinski definition) is 3. The summed E-state index contributed by atoms with van der Waals surface area (Å²) in [5.74, 6) is 0.507. The normalized spacial score (nSPS) is 12.2. The number of benzene rings is 1. The molecule has 1 aromatic heterocycles. The van der Waals surface area contributed by atoms with E-state index in [1.807, 2.05) is 0 Å². The largest absolute Gasteiger partial charge is 0.416 e. The third kappa shape index (κ3) is 2.96. The van der Waals surface area contributed by atoms with Crippen molar-refractivity contribution in [3.8, 4) is 0 Å². The van der Waals surface area contributed by atoms with Gasteiger partial charge in [0, 0.05) is 0 Å². The number of anilines is 1. The van der Waals surface area contributed by atoms with Crippen LogP contribution in [0, 0.1) is 6.92 Å². The maximum atomic E-state index is 12.4. The van der Waals surface area contributed by atoms with Gasteiger partial charge in [-0.3, -0.25) is 0 Å². The molecule has 0 spiro atoms. The van der Waals surface area contributed by atoms with E-state index in [2.05, 4.69) is 5.16 Å². The Labute approximate surface area is 107 Å².